The molecule has 0 amide bonds. The summed E-state index contributed by atoms with van der Waals surface area (Å²) in [5.74, 6) is 0. The Morgan fingerprint density at radius 1 is 0.340 bits per heavy atom. The number of nitrogens with two attached hydrogens (primary N) is 1. The zero-order valence-corrected chi connectivity index (χ0v) is 34.6. The highest BCUT2D eigenvalue weighted by Gasteiger charge is 2.09. The van der Waals surface area contributed by atoms with Gasteiger partial charge in [0.15, 0.2) is 0 Å². The molecule has 0 aliphatic rings. The van der Waals surface area contributed by atoms with Gasteiger partial charge in [0, 0.05) is 13.1 Å². The van der Waals surface area contributed by atoms with Crippen molar-refractivity contribution in [2.45, 2.75) is 258 Å². The summed E-state index contributed by atoms with van der Waals surface area (Å²) >= 11 is 0. The number of unbranched alkanes of at least 4 members (excludes halogenated alkanes) is 34. The number of nitrogens with zero attached hydrogens (tertiary/aromatic N) is 1. The molecule has 0 bridgehead atoms. The van der Waals surface area contributed by atoms with Gasteiger partial charge in [0.05, 0.1) is 0 Å². The van der Waals surface area contributed by atoms with Gasteiger partial charge in [-0.05, 0) is 37.1 Å². The molecule has 0 aliphatic carbocycles. The van der Waals surface area contributed by atoms with Crippen molar-refractivity contribution in [1.29, 1.82) is 0 Å². The van der Waals surface area contributed by atoms with Crippen LogP contribution in [0.4, 0.5) is 0 Å². The molecule has 0 saturated heterocycles. The first-order valence-corrected chi connectivity index (χ1v) is 23.3. The lowest BCUT2D eigenvalue weighted by molar-refractivity contribution is 0.251. The van der Waals surface area contributed by atoms with E-state index in [1.807, 2.05) is 0 Å². The molecule has 0 radical (unpaired) electrons. The molecule has 0 unspecified atom stereocenters. The van der Waals surface area contributed by atoms with Gasteiger partial charge in [-0.15, -0.1) is 0 Å². The van der Waals surface area contributed by atoms with Gasteiger partial charge in [-0.2, -0.15) is 0 Å². The van der Waals surface area contributed by atoms with Crippen LogP contribution in [0.2, 0.25) is 0 Å². The van der Waals surface area contributed by atoms with Gasteiger partial charge in [0.2, 0.25) is 0 Å². The number of rotatable bonds is 41. The highest BCUT2D eigenvalue weighted by atomic mass is 15.1. The molecule has 2 heteroatoms. The van der Waals surface area contributed by atoms with Crippen molar-refractivity contribution in [1.82, 2.24) is 4.90 Å². The number of hydrogen-bond acceptors (Lipinski definition) is 2. The Morgan fingerprint density at radius 2 is 0.580 bits per heavy atom. The van der Waals surface area contributed by atoms with E-state index in [0.29, 0.717) is 6.54 Å². The van der Waals surface area contributed by atoms with Crippen LogP contribution in [-0.4, -0.2) is 18.0 Å². The normalized spacial score (nSPS) is 11.7. The number of hydrogen-bond donors (Lipinski definition) is 1. The summed E-state index contributed by atoms with van der Waals surface area (Å²) in [5.41, 5.74) is 8.88. The van der Waals surface area contributed by atoms with Gasteiger partial charge < -0.3 is 5.73 Å². The quantitative estimate of drug-likeness (QED) is 0.0691. The maximum absolute atomic E-state index is 6.10. The second kappa shape index (κ2) is 39.3. The lowest BCUT2D eigenvalue weighted by Gasteiger charge is -2.24. The maximum Gasteiger partial charge on any atom is 0.0236 e. The fourth-order valence-electron chi connectivity index (χ4n) is 7.90. The van der Waals surface area contributed by atoms with E-state index in [-0.39, 0.29) is 0 Å². The fourth-order valence-corrected chi connectivity index (χ4v) is 7.90. The minimum absolute atomic E-state index is 0.655. The van der Waals surface area contributed by atoms with Crippen LogP contribution in [0, 0.1) is 0 Å². The van der Waals surface area contributed by atoms with Gasteiger partial charge >= 0.3 is 0 Å². The molecule has 1 aromatic rings. The lowest BCUT2D eigenvalue weighted by Crippen LogP contribution is -2.26. The van der Waals surface area contributed by atoms with Gasteiger partial charge in [0.1, 0.15) is 0 Å². The second-order valence-electron chi connectivity index (χ2n) is 16.3. The van der Waals surface area contributed by atoms with E-state index in [1.165, 1.54) is 255 Å². The minimum Gasteiger partial charge on any atom is -0.326 e. The van der Waals surface area contributed by atoms with E-state index in [2.05, 4.69) is 43.0 Å². The molecule has 2 nitrogen and oxygen atoms in total. The molecule has 0 aliphatic heterocycles. The van der Waals surface area contributed by atoms with Crippen LogP contribution in [0.5, 0.6) is 0 Å². The summed E-state index contributed by atoms with van der Waals surface area (Å²) in [6.07, 6.45) is 52.0. The molecular formula is C48H92N2. The van der Waals surface area contributed by atoms with E-state index in [4.69, 9.17) is 5.73 Å². The third-order valence-corrected chi connectivity index (χ3v) is 11.4. The predicted molar refractivity (Wildman–Crippen MR) is 227 cm³/mol. The highest BCUT2D eigenvalue weighted by molar-refractivity contribution is 5.26. The molecule has 294 valence electrons. The molecule has 0 spiro atoms. The summed E-state index contributed by atoms with van der Waals surface area (Å²) < 4.78 is 0. The molecule has 1 aromatic carbocycles. The molecule has 1 rings (SSSR count). The van der Waals surface area contributed by atoms with Gasteiger partial charge in [-0.1, -0.05) is 256 Å². The summed E-state index contributed by atoms with van der Waals surface area (Å²) in [5, 5.41) is 0. The summed E-state index contributed by atoms with van der Waals surface area (Å²) in [6, 6.07) is 8.87. The Balaban J connectivity index is 2.05. The molecule has 0 heterocycles. The van der Waals surface area contributed by atoms with Crippen LogP contribution in [0.15, 0.2) is 24.3 Å². The van der Waals surface area contributed by atoms with Crippen molar-refractivity contribution in [3.8, 4) is 0 Å². The molecule has 2 N–H and O–H groups in total. The Hall–Kier alpha value is -0.860. The third kappa shape index (κ3) is 31.8. The lowest BCUT2D eigenvalue weighted by atomic mass is 10.0. The topological polar surface area (TPSA) is 29.3 Å². The monoisotopic (exact) mass is 697 g/mol. The largest absolute Gasteiger partial charge is 0.326 e. The van der Waals surface area contributed by atoms with Crippen LogP contribution in [0.1, 0.15) is 256 Å². The predicted octanol–water partition coefficient (Wildman–Crippen LogP) is 16.0. The maximum atomic E-state index is 6.10. The van der Waals surface area contributed by atoms with Crippen LogP contribution >= 0.6 is 0 Å². The molecule has 50 heavy (non-hydrogen) atoms. The first-order valence-electron chi connectivity index (χ1n) is 23.3. The first kappa shape index (κ1) is 47.2. The first-order chi connectivity index (χ1) is 24.8. The zero-order chi connectivity index (χ0) is 35.8. The van der Waals surface area contributed by atoms with Crippen LogP contribution in [0.3, 0.4) is 0 Å². The minimum atomic E-state index is 0.655. The average molecular weight is 697 g/mol. The SMILES string of the molecule is CCCCCCCCCCCCCCCCCCCCN(CCCCCCCCCCCCCCCCCCCC)Cc1ccccc1CN. The molecule has 0 aromatic heterocycles. The van der Waals surface area contributed by atoms with E-state index in [9.17, 15) is 0 Å². The van der Waals surface area contributed by atoms with E-state index < -0.39 is 0 Å². The number of benzene rings is 1. The Bertz CT molecular complexity index is 735. The van der Waals surface area contributed by atoms with Crippen molar-refractivity contribution in [3.63, 3.8) is 0 Å². The smallest absolute Gasteiger partial charge is 0.0236 e. The van der Waals surface area contributed by atoms with Gasteiger partial charge in [-0.25, -0.2) is 0 Å². The highest BCUT2D eigenvalue weighted by Crippen LogP contribution is 2.18. The van der Waals surface area contributed by atoms with E-state index in [0.717, 1.165) is 6.54 Å². The van der Waals surface area contributed by atoms with Crippen LogP contribution < -0.4 is 5.73 Å². The molecule has 0 atom stereocenters. The van der Waals surface area contributed by atoms with E-state index >= 15 is 0 Å². The standard InChI is InChI=1S/C48H92N2/c1-3-5-7-9-11-13-15-17-19-21-23-25-27-29-31-33-35-39-43-50(46-48-42-38-37-41-47(48)45-49)44-40-36-34-32-30-28-26-24-22-20-18-16-14-12-10-8-6-4-2/h37-38,41-42H,3-36,39-40,43-46,49H2,1-2H3. The summed E-state index contributed by atoms with van der Waals surface area (Å²) in [4.78, 5) is 2.74. The summed E-state index contributed by atoms with van der Waals surface area (Å²) in [7, 11) is 0. The fraction of sp³-hybridized carbons (Fsp3) is 0.875. The van der Waals surface area contributed by atoms with Gasteiger partial charge in [0.25, 0.3) is 0 Å². The summed E-state index contributed by atoms with van der Waals surface area (Å²) in [6.45, 7) is 8.84. The average Bonchev–Trinajstić information content (AvgIpc) is 3.13. The van der Waals surface area contributed by atoms with Crippen molar-refractivity contribution in [2.75, 3.05) is 13.1 Å². The van der Waals surface area contributed by atoms with E-state index in [1.54, 1.807) is 0 Å². The molecule has 0 fully saturated rings. The van der Waals surface area contributed by atoms with Crippen molar-refractivity contribution in [3.05, 3.63) is 35.4 Å². The van der Waals surface area contributed by atoms with Crippen molar-refractivity contribution in [2.24, 2.45) is 5.73 Å². The van der Waals surface area contributed by atoms with Crippen molar-refractivity contribution < 1.29 is 0 Å². The Labute approximate surface area is 316 Å². The van der Waals surface area contributed by atoms with Crippen LogP contribution in [0.25, 0.3) is 0 Å². The third-order valence-electron chi connectivity index (χ3n) is 11.4. The van der Waals surface area contributed by atoms with Crippen LogP contribution in [-0.2, 0) is 13.1 Å². The second-order valence-corrected chi connectivity index (χ2v) is 16.3. The molecule has 0 saturated carbocycles. The Kier molecular flexibility index (Phi) is 37.1. The van der Waals surface area contributed by atoms with Gasteiger partial charge in [-0.3, -0.25) is 4.90 Å². The Morgan fingerprint density at radius 3 is 0.840 bits per heavy atom. The zero-order valence-electron chi connectivity index (χ0n) is 34.6. The molecular weight excluding hydrogens is 605 g/mol. The van der Waals surface area contributed by atoms with Crippen molar-refractivity contribution >= 4 is 0 Å².